The van der Waals surface area contributed by atoms with Crippen LogP contribution in [0.2, 0.25) is 0 Å². The number of anilines is 1. The fraction of sp³-hybridized carbons (Fsp3) is 0.429. The summed E-state index contributed by atoms with van der Waals surface area (Å²) in [7, 11) is -3.56. The minimum atomic E-state index is -3.56. The first kappa shape index (κ1) is 24.4. The predicted molar refractivity (Wildman–Crippen MR) is 128 cm³/mol. The molecule has 0 aliphatic rings. The zero-order chi connectivity index (χ0) is 23.5. The number of rotatable bonds is 9. The number of sulfone groups is 1. The zero-order valence-corrected chi connectivity index (χ0v) is 21.2. The summed E-state index contributed by atoms with van der Waals surface area (Å²) < 4.78 is 27.5. The molecule has 172 valence electrons. The van der Waals surface area contributed by atoms with Crippen LogP contribution in [0.3, 0.4) is 0 Å². The summed E-state index contributed by atoms with van der Waals surface area (Å²) in [6, 6.07) is 6.75. The first-order valence-electron chi connectivity index (χ1n) is 10.3. The molecule has 3 rings (SSSR count). The van der Waals surface area contributed by atoms with Crippen molar-refractivity contribution in [1.29, 1.82) is 0 Å². The van der Waals surface area contributed by atoms with E-state index >= 15 is 0 Å². The number of thiazole rings is 1. The van der Waals surface area contributed by atoms with E-state index in [-0.39, 0.29) is 16.6 Å². The third-order valence-electron chi connectivity index (χ3n) is 4.98. The molecule has 0 aliphatic heterocycles. The van der Waals surface area contributed by atoms with Crippen molar-refractivity contribution in [2.24, 2.45) is 0 Å². The molecule has 1 N–H and O–H groups in total. The van der Waals surface area contributed by atoms with Gasteiger partial charge in [0.15, 0.2) is 20.1 Å². The first-order chi connectivity index (χ1) is 15.1. The van der Waals surface area contributed by atoms with E-state index in [1.54, 1.807) is 28.8 Å². The normalized spacial score (nSPS) is 12.7. The Hall–Kier alpha value is -2.24. The molecule has 1 atom stereocenters. The summed E-state index contributed by atoms with van der Waals surface area (Å²) in [4.78, 5) is 18.5. The smallest absolute Gasteiger partial charge is 0.239 e. The Labute approximate surface area is 196 Å². The van der Waals surface area contributed by atoms with Gasteiger partial charge in [-0.05, 0) is 46.2 Å². The van der Waals surface area contributed by atoms with Crippen molar-refractivity contribution >= 4 is 44.0 Å². The third kappa shape index (κ3) is 5.57. The van der Waals surface area contributed by atoms with Gasteiger partial charge >= 0.3 is 0 Å². The number of carbonyl (C=O) groups is 1. The number of nitrogens with zero attached hydrogens (tertiary/aromatic N) is 4. The number of hydrogen-bond acceptors (Lipinski definition) is 8. The van der Waals surface area contributed by atoms with Crippen molar-refractivity contribution in [3.63, 3.8) is 0 Å². The van der Waals surface area contributed by atoms with Gasteiger partial charge in [0.05, 0.1) is 15.8 Å². The van der Waals surface area contributed by atoms with E-state index in [9.17, 15) is 13.2 Å². The number of aryl methyl sites for hydroxylation is 3. The summed E-state index contributed by atoms with van der Waals surface area (Å²) in [6.45, 7) is 10.1. The fourth-order valence-corrected chi connectivity index (χ4v) is 6.12. The Bertz CT molecular complexity index is 1180. The molecule has 8 nitrogen and oxygen atoms in total. The van der Waals surface area contributed by atoms with Crippen LogP contribution in [0.5, 0.6) is 0 Å². The predicted octanol–water partition coefficient (Wildman–Crippen LogP) is 4.16. The molecular formula is C21H27N5O3S3. The van der Waals surface area contributed by atoms with Crippen LogP contribution in [0.15, 0.2) is 34.3 Å². The standard InChI is InChI=1S/C21H27N5O3S3/c1-6-17(19(27)23-20-22-14(4)15(5)30-20)31-21-25-24-18(26(21)7-2)12-32(28,29)16-10-8-13(3)9-11-16/h8-11,17H,6-7,12H2,1-5H3,(H,22,23,27). The van der Waals surface area contributed by atoms with Gasteiger partial charge < -0.3 is 9.88 Å². The molecule has 11 heteroatoms. The molecule has 2 heterocycles. The van der Waals surface area contributed by atoms with Crippen LogP contribution in [0, 0.1) is 20.8 Å². The van der Waals surface area contributed by atoms with Gasteiger partial charge in [0.1, 0.15) is 11.6 Å². The Morgan fingerprint density at radius 2 is 1.84 bits per heavy atom. The lowest BCUT2D eigenvalue weighted by Gasteiger charge is -2.14. The summed E-state index contributed by atoms with van der Waals surface area (Å²) >= 11 is 2.72. The number of hydrogen-bond donors (Lipinski definition) is 1. The Morgan fingerprint density at radius 3 is 2.41 bits per heavy atom. The lowest BCUT2D eigenvalue weighted by molar-refractivity contribution is -0.115. The van der Waals surface area contributed by atoms with Crippen molar-refractivity contribution in [1.82, 2.24) is 19.7 Å². The van der Waals surface area contributed by atoms with Gasteiger partial charge in [0, 0.05) is 11.4 Å². The molecule has 1 amide bonds. The minimum Gasteiger partial charge on any atom is -0.305 e. The highest BCUT2D eigenvalue weighted by atomic mass is 32.2. The largest absolute Gasteiger partial charge is 0.305 e. The second-order valence-corrected chi connectivity index (χ2v) is 11.7. The van der Waals surface area contributed by atoms with E-state index in [4.69, 9.17) is 0 Å². The van der Waals surface area contributed by atoms with Crippen molar-refractivity contribution in [3.05, 3.63) is 46.2 Å². The average Bonchev–Trinajstić information content (AvgIpc) is 3.27. The van der Waals surface area contributed by atoms with Crippen molar-refractivity contribution < 1.29 is 13.2 Å². The van der Waals surface area contributed by atoms with Crippen LogP contribution in [-0.4, -0.2) is 39.3 Å². The average molecular weight is 494 g/mol. The summed E-state index contributed by atoms with van der Waals surface area (Å²) in [5.74, 6) is -0.0549. The van der Waals surface area contributed by atoms with Crippen LogP contribution in [0.1, 0.15) is 42.2 Å². The topological polar surface area (TPSA) is 107 Å². The van der Waals surface area contributed by atoms with E-state index in [2.05, 4.69) is 20.5 Å². The van der Waals surface area contributed by atoms with Gasteiger partial charge in [-0.1, -0.05) is 36.4 Å². The Kier molecular flexibility index (Phi) is 7.73. The maximum absolute atomic E-state index is 12.9. The monoisotopic (exact) mass is 493 g/mol. The van der Waals surface area contributed by atoms with E-state index in [1.165, 1.54) is 23.1 Å². The molecular weight excluding hydrogens is 466 g/mol. The van der Waals surface area contributed by atoms with Crippen molar-refractivity contribution in [3.8, 4) is 0 Å². The lowest BCUT2D eigenvalue weighted by atomic mass is 10.2. The van der Waals surface area contributed by atoms with E-state index in [0.717, 1.165) is 16.1 Å². The van der Waals surface area contributed by atoms with Crippen LogP contribution < -0.4 is 5.32 Å². The first-order valence-corrected chi connectivity index (χ1v) is 13.6. The molecule has 0 saturated heterocycles. The molecule has 0 spiro atoms. The number of amides is 1. The number of nitrogens with one attached hydrogen (secondary N) is 1. The molecule has 32 heavy (non-hydrogen) atoms. The van der Waals surface area contributed by atoms with Crippen LogP contribution in [0.25, 0.3) is 0 Å². The van der Waals surface area contributed by atoms with Gasteiger partial charge in [-0.25, -0.2) is 13.4 Å². The van der Waals surface area contributed by atoms with Crippen LogP contribution >= 0.6 is 23.1 Å². The quantitative estimate of drug-likeness (QED) is 0.446. The molecule has 3 aromatic rings. The summed E-state index contributed by atoms with van der Waals surface area (Å²) in [6.07, 6.45) is 0.577. The molecule has 0 fully saturated rings. The van der Waals surface area contributed by atoms with Gasteiger partial charge in [0.25, 0.3) is 0 Å². The Morgan fingerprint density at radius 1 is 1.16 bits per heavy atom. The minimum absolute atomic E-state index is 0.161. The lowest BCUT2D eigenvalue weighted by Crippen LogP contribution is -2.25. The second-order valence-electron chi connectivity index (χ2n) is 7.38. The van der Waals surface area contributed by atoms with Gasteiger partial charge in [-0.3, -0.25) is 4.79 Å². The van der Waals surface area contributed by atoms with Crippen molar-refractivity contribution in [2.75, 3.05) is 5.32 Å². The van der Waals surface area contributed by atoms with E-state index < -0.39 is 15.1 Å². The SMILES string of the molecule is CCC(Sc1nnc(CS(=O)(=O)c2ccc(C)cc2)n1CC)C(=O)Nc1nc(C)c(C)s1. The van der Waals surface area contributed by atoms with Crippen LogP contribution in [0.4, 0.5) is 5.13 Å². The molecule has 1 unspecified atom stereocenters. The zero-order valence-electron chi connectivity index (χ0n) is 18.7. The van der Waals surface area contributed by atoms with Gasteiger partial charge in [-0.15, -0.1) is 21.5 Å². The van der Waals surface area contributed by atoms with Gasteiger partial charge in [0.2, 0.25) is 5.91 Å². The fourth-order valence-electron chi connectivity index (χ4n) is 2.99. The third-order valence-corrected chi connectivity index (χ3v) is 8.94. The second kappa shape index (κ2) is 10.1. The number of benzene rings is 1. The maximum Gasteiger partial charge on any atom is 0.239 e. The molecule has 0 aliphatic carbocycles. The number of thioether (sulfide) groups is 1. The Balaban J connectivity index is 1.77. The van der Waals surface area contributed by atoms with Gasteiger partial charge in [-0.2, -0.15) is 0 Å². The van der Waals surface area contributed by atoms with Crippen molar-refractivity contribution in [2.45, 2.75) is 68.6 Å². The number of carbonyl (C=O) groups excluding carboxylic acids is 1. The van der Waals surface area contributed by atoms with E-state index in [1.807, 2.05) is 34.6 Å². The highest BCUT2D eigenvalue weighted by Gasteiger charge is 2.25. The van der Waals surface area contributed by atoms with E-state index in [0.29, 0.717) is 29.1 Å². The molecule has 2 aromatic heterocycles. The maximum atomic E-state index is 12.9. The molecule has 0 saturated carbocycles. The molecule has 0 bridgehead atoms. The van der Waals surface area contributed by atoms with Crippen LogP contribution in [-0.2, 0) is 26.9 Å². The summed E-state index contributed by atoms with van der Waals surface area (Å²) in [5, 5.41) is 11.9. The summed E-state index contributed by atoms with van der Waals surface area (Å²) in [5.41, 5.74) is 1.89. The molecule has 1 aromatic carbocycles. The number of aromatic nitrogens is 4. The highest BCUT2D eigenvalue weighted by molar-refractivity contribution is 8.00. The molecule has 0 radical (unpaired) electrons. The highest BCUT2D eigenvalue weighted by Crippen LogP contribution is 2.28.